The van der Waals surface area contributed by atoms with Gasteiger partial charge in [-0.3, -0.25) is 4.79 Å². The van der Waals surface area contributed by atoms with E-state index in [1.165, 1.54) is 5.56 Å². The third-order valence-electron chi connectivity index (χ3n) is 4.15. The molecule has 116 valence electrons. The number of amides is 1. The number of nitrogens with zero attached hydrogens (tertiary/aromatic N) is 2. The lowest BCUT2D eigenvalue weighted by Crippen LogP contribution is -2.34. The Morgan fingerprint density at radius 1 is 1.32 bits per heavy atom. The van der Waals surface area contributed by atoms with Crippen LogP contribution >= 0.6 is 11.6 Å². The Kier molecular flexibility index (Phi) is 4.48. The van der Waals surface area contributed by atoms with Crippen molar-refractivity contribution in [3.05, 3.63) is 52.4 Å². The van der Waals surface area contributed by atoms with E-state index in [9.17, 15) is 4.79 Å². The first kappa shape index (κ1) is 15.1. The van der Waals surface area contributed by atoms with E-state index in [2.05, 4.69) is 17.3 Å². The Hall–Kier alpha value is -1.81. The molecule has 1 atom stereocenters. The molecule has 0 aliphatic carbocycles. The largest absolute Gasteiger partial charge is 0.361 e. The molecule has 1 aliphatic heterocycles. The Balaban J connectivity index is 1.77. The van der Waals surface area contributed by atoms with Crippen LogP contribution in [0.2, 0.25) is 5.02 Å². The minimum absolute atomic E-state index is 0.0438. The molecule has 2 aromatic rings. The second-order valence-corrected chi connectivity index (χ2v) is 6.25. The number of carbonyl (C=O) groups excluding carboxylic acids is 1. The zero-order valence-electron chi connectivity index (χ0n) is 12.6. The van der Waals surface area contributed by atoms with E-state index in [1.807, 2.05) is 17.0 Å². The SMILES string of the molecule is Cc1cc(C(=O)N2CCCCC(c3ccc(Cl)cc3)C2)no1. The van der Waals surface area contributed by atoms with Crippen LogP contribution in [0.3, 0.4) is 0 Å². The number of aryl methyl sites for hydroxylation is 1. The van der Waals surface area contributed by atoms with Crippen LogP contribution in [-0.4, -0.2) is 29.1 Å². The molecule has 1 aromatic heterocycles. The third-order valence-corrected chi connectivity index (χ3v) is 4.40. The van der Waals surface area contributed by atoms with Gasteiger partial charge in [0.25, 0.3) is 5.91 Å². The molecule has 1 amide bonds. The second-order valence-electron chi connectivity index (χ2n) is 5.82. The second kappa shape index (κ2) is 6.53. The molecular formula is C17H19ClN2O2. The molecule has 5 heteroatoms. The van der Waals surface area contributed by atoms with Gasteiger partial charge in [0.15, 0.2) is 5.69 Å². The number of likely N-dealkylation sites (tertiary alicyclic amines) is 1. The molecule has 1 saturated heterocycles. The van der Waals surface area contributed by atoms with Gasteiger partial charge in [-0.1, -0.05) is 35.3 Å². The summed E-state index contributed by atoms with van der Waals surface area (Å²) in [5.74, 6) is 0.960. The molecule has 0 radical (unpaired) electrons. The van der Waals surface area contributed by atoms with Gasteiger partial charge in [0.05, 0.1) is 0 Å². The summed E-state index contributed by atoms with van der Waals surface area (Å²) in [7, 11) is 0. The van der Waals surface area contributed by atoms with Gasteiger partial charge in [0, 0.05) is 30.1 Å². The number of hydrogen-bond acceptors (Lipinski definition) is 3. The fourth-order valence-electron chi connectivity index (χ4n) is 2.96. The first-order valence-electron chi connectivity index (χ1n) is 7.61. The molecule has 1 fully saturated rings. The molecule has 4 nitrogen and oxygen atoms in total. The summed E-state index contributed by atoms with van der Waals surface area (Å²) in [4.78, 5) is 14.5. The molecule has 2 heterocycles. The van der Waals surface area contributed by atoms with E-state index in [0.29, 0.717) is 23.9 Å². The number of carbonyl (C=O) groups is 1. The molecular weight excluding hydrogens is 300 g/mol. The standard InChI is InChI=1S/C17H19ClN2O2/c1-12-10-16(19-22-12)17(21)20-9-3-2-4-14(11-20)13-5-7-15(18)8-6-13/h5-8,10,14H,2-4,9,11H2,1H3. The summed E-state index contributed by atoms with van der Waals surface area (Å²) in [5.41, 5.74) is 1.63. The van der Waals surface area contributed by atoms with Crippen LogP contribution in [-0.2, 0) is 0 Å². The number of aromatic nitrogens is 1. The quantitative estimate of drug-likeness (QED) is 0.839. The Labute approximate surface area is 135 Å². The highest BCUT2D eigenvalue weighted by Gasteiger charge is 2.25. The Morgan fingerprint density at radius 3 is 2.77 bits per heavy atom. The van der Waals surface area contributed by atoms with Gasteiger partial charge in [0.2, 0.25) is 0 Å². The first-order chi connectivity index (χ1) is 10.6. The summed E-state index contributed by atoms with van der Waals surface area (Å²) in [6.07, 6.45) is 3.23. The van der Waals surface area contributed by atoms with Gasteiger partial charge in [-0.25, -0.2) is 0 Å². The van der Waals surface area contributed by atoms with Crippen molar-refractivity contribution < 1.29 is 9.32 Å². The van der Waals surface area contributed by atoms with E-state index in [1.54, 1.807) is 13.0 Å². The number of hydrogen-bond donors (Lipinski definition) is 0. The Bertz CT molecular complexity index is 651. The van der Waals surface area contributed by atoms with Gasteiger partial charge >= 0.3 is 0 Å². The monoisotopic (exact) mass is 318 g/mol. The van der Waals surface area contributed by atoms with Crippen molar-refractivity contribution in [2.75, 3.05) is 13.1 Å². The number of rotatable bonds is 2. The third kappa shape index (κ3) is 3.33. The molecule has 1 aromatic carbocycles. The predicted molar refractivity (Wildman–Crippen MR) is 85.2 cm³/mol. The van der Waals surface area contributed by atoms with Crippen LogP contribution < -0.4 is 0 Å². The number of benzene rings is 1. The maximum Gasteiger partial charge on any atom is 0.276 e. The van der Waals surface area contributed by atoms with Crippen LogP contribution in [0.25, 0.3) is 0 Å². The minimum Gasteiger partial charge on any atom is -0.361 e. The van der Waals surface area contributed by atoms with E-state index in [4.69, 9.17) is 16.1 Å². The summed E-state index contributed by atoms with van der Waals surface area (Å²) in [5, 5.41) is 4.59. The van der Waals surface area contributed by atoms with Gasteiger partial charge < -0.3 is 9.42 Å². The lowest BCUT2D eigenvalue weighted by Gasteiger charge is -2.24. The summed E-state index contributed by atoms with van der Waals surface area (Å²) >= 11 is 5.96. The predicted octanol–water partition coefficient (Wildman–Crippen LogP) is 4.05. The maximum atomic E-state index is 12.6. The average molecular weight is 319 g/mol. The van der Waals surface area contributed by atoms with Crippen LogP contribution in [0.5, 0.6) is 0 Å². The van der Waals surface area contributed by atoms with E-state index in [-0.39, 0.29) is 5.91 Å². The van der Waals surface area contributed by atoms with Crippen LogP contribution in [0.1, 0.15) is 47.0 Å². The molecule has 22 heavy (non-hydrogen) atoms. The summed E-state index contributed by atoms with van der Waals surface area (Å²) in [6, 6.07) is 9.64. The molecule has 1 aliphatic rings. The van der Waals surface area contributed by atoms with Crippen molar-refractivity contribution in [2.45, 2.75) is 32.1 Å². The van der Waals surface area contributed by atoms with Crippen molar-refractivity contribution in [2.24, 2.45) is 0 Å². The van der Waals surface area contributed by atoms with E-state index < -0.39 is 0 Å². The summed E-state index contributed by atoms with van der Waals surface area (Å²) in [6.45, 7) is 3.28. The van der Waals surface area contributed by atoms with Crippen molar-refractivity contribution in [3.63, 3.8) is 0 Å². The van der Waals surface area contributed by atoms with Crippen LogP contribution in [0.4, 0.5) is 0 Å². The highest BCUT2D eigenvalue weighted by atomic mass is 35.5. The van der Waals surface area contributed by atoms with E-state index in [0.717, 1.165) is 30.8 Å². The average Bonchev–Trinajstić information content (AvgIpc) is 2.81. The number of halogens is 1. The Morgan fingerprint density at radius 2 is 2.09 bits per heavy atom. The lowest BCUT2D eigenvalue weighted by molar-refractivity contribution is 0.0744. The zero-order chi connectivity index (χ0) is 15.5. The highest BCUT2D eigenvalue weighted by molar-refractivity contribution is 6.30. The van der Waals surface area contributed by atoms with Crippen molar-refractivity contribution >= 4 is 17.5 Å². The lowest BCUT2D eigenvalue weighted by atomic mass is 9.94. The molecule has 1 unspecified atom stereocenters. The molecule has 0 saturated carbocycles. The fourth-order valence-corrected chi connectivity index (χ4v) is 3.09. The molecule has 0 N–H and O–H groups in total. The maximum absolute atomic E-state index is 12.6. The van der Waals surface area contributed by atoms with Crippen molar-refractivity contribution in [1.29, 1.82) is 0 Å². The van der Waals surface area contributed by atoms with Gasteiger partial charge in [-0.05, 0) is 37.5 Å². The molecule has 0 spiro atoms. The smallest absolute Gasteiger partial charge is 0.276 e. The van der Waals surface area contributed by atoms with Gasteiger partial charge in [0.1, 0.15) is 5.76 Å². The van der Waals surface area contributed by atoms with Crippen molar-refractivity contribution in [1.82, 2.24) is 10.1 Å². The van der Waals surface area contributed by atoms with E-state index >= 15 is 0 Å². The van der Waals surface area contributed by atoms with Crippen molar-refractivity contribution in [3.8, 4) is 0 Å². The minimum atomic E-state index is -0.0438. The molecule has 3 rings (SSSR count). The normalized spacial score (nSPS) is 19.0. The summed E-state index contributed by atoms with van der Waals surface area (Å²) < 4.78 is 5.02. The fraction of sp³-hybridized carbons (Fsp3) is 0.412. The van der Waals surface area contributed by atoms with Crippen LogP contribution in [0.15, 0.2) is 34.9 Å². The van der Waals surface area contributed by atoms with Crippen LogP contribution in [0, 0.1) is 6.92 Å². The zero-order valence-corrected chi connectivity index (χ0v) is 13.3. The molecule has 0 bridgehead atoms. The van der Waals surface area contributed by atoms with Gasteiger partial charge in [-0.2, -0.15) is 0 Å². The topological polar surface area (TPSA) is 46.3 Å². The van der Waals surface area contributed by atoms with Gasteiger partial charge in [-0.15, -0.1) is 0 Å². The first-order valence-corrected chi connectivity index (χ1v) is 7.99. The highest BCUT2D eigenvalue weighted by Crippen LogP contribution is 2.28.